The van der Waals surface area contributed by atoms with Crippen LogP contribution in [0, 0.1) is 0 Å². The summed E-state index contributed by atoms with van der Waals surface area (Å²) in [4.78, 5) is 11.7. The Bertz CT molecular complexity index is 679. The third-order valence-corrected chi connectivity index (χ3v) is 6.08. The average Bonchev–Trinajstić information content (AvgIpc) is 2.39. The molecule has 10 heteroatoms. The van der Waals surface area contributed by atoms with Crippen molar-refractivity contribution < 1.29 is 17.4 Å². The Labute approximate surface area is 143 Å². The minimum atomic E-state index is -4.07. The lowest BCUT2D eigenvalue weighted by molar-refractivity contribution is 0.0956. The second kappa shape index (κ2) is 7.92. The van der Waals surface area contributed by atoms with E-state index in [1.165, 1.54) is 12.1 Å². The van der Waals surface area contributed by atoms with Gasteiger partial charge >= 0.3 is 0 Å². The van der Waals surface area contributed by atoms with Gasteiger partial charge < -0.3 is 5.32 Å². The van der Waals surface area contributed by atoms with E-state index in [1.54, 1.807) is 6.92 Å². The van der Waals surface area contributed by atoms with E-state index in [1.807, 2.05) is 0 Å². The number of amides is 1. The summed E-state index contributed by atoms with van der Waals surface area (Å²) >= 11 is 9.02. The van der Waals surface area contributed by atoms with Crippen molar-refractivity contribution in [1.29, 1.82) is 0 Å². The standard InChI is InChI=1S/C11H12BrCl2NO4S2/c1-2-20(17)4-3-15-11(16)8-5-7(12)6-9(10(8)13)21(14,18)19/h5-6H,2-4H2,1H3,(H,15,16). The highest BCUT2D eigenvalue weighted by molar-refractivity contribution is 9.10. The van der Waals surface area contributed by atoms with Crippen molar-refractivity contribution in [2.45, 2.75) is 11.8 Å². The first kappa shape index (κ1) is 18.9. The van der Waals surface area contributed by atoms with Crippen molar-refractivity contribution in [1.82, 2.24) is 5.32 Å². The van der Waals surface area contributed by atoms with Crippen molar-refractivity contribution >= 4 is 64.0 Å². The first-order chi connectivity index (χ1) is 9.66. The maximum absolute atomic E-state index is 12.0. The molecular weight excluding hydrogens is 425 g/mol. The Morgan fingerprint density at radius 1 is 1.43 bits per heavy atom. The second-order valence-electron chi connectivity index (χ2n) is 3.89. The zero-order valence-electron chi connectivity index (χ0n) is 10.9. The van der Waals surface area contributed by atoms with E-state index in [2.05, 4.69) is 21.2 Å². The van der Waals surface area contributed by atoms with Crippen LogP contribution in [0.3, 0.4) is 0 Å². The Hall–Kier alpha value is -0.150. The number of carbonyl (C=O) groups excluding carboxylic acids is 1. The van der Waals surface area contributed by atoms with Gasteiger partial charge in [-0.2, -0.15) is 0 Å². The van der Waals surface area contributed by atoms with Crippen LogP contribution >= 0.6 is 38.2 Å². The van der Waals surface area contributed by atoms with Crippen LogP contribution in [0.15, 0.2) is 21.5 Å². The Morgan fingerprint density at radius 3 is 2.57 bits per heavy atom. The lowest BCUT2D eigenvalue weighted by Gasteiger charge is -2.09. The number of carbonyl (C=O) groups is 1. The molecule has 1 N–H and O–H groups in total. The topological polar surface area (TPSA) is 80.3 Å². The van der Waals surface area contributed by atoms with E-state index in [-0.39, 0.29) is 22.0 Å². The van der Waals surface area contributed by atoms with Gasteiger partial charge in [0, 0.05) is 44.0 Å². The summed E-state index contributed by atoms with van der Waals surface area (Å²) in [6.45, 7) is 1.98. The highest BCUT2D eigenvalue weighted by atomic mass is 79.9. The Kier molecular flexibility index (Phi) is 7.12. The molecule has 118 valence electrons. The molecule has 0 saturated carbocycles. The van der Waals surface area contributed by atoms with E-state index in [0.29, 0.717) is 16.0 Å². The molecule has 1 atom stereocenters. The highest BCUT2D eigenvalue weighted by Crippen LogP contribution is 2.31. The fourth-order valence-corrected chi connectivity index (χ4v) is 4.23. The monoisotopic (exact) mass is 435 g/mol. The largest absolute Gasteiger partial charge is 0.351 e. The average molecular weight is 437 g/mol. The van der Waals surface area contributed by atoms with Gasteiger partial charge in [0.2, 0.25) is 0 Å². The van der Waals surface area contributed by atoms with Crippen LogP contribution in [0.1, 0.15) is 17.3 Å². The van der Waals surface area contributed by atoms with Crippen molar-refractivity contribution in [3.8, 4) is 0 Å². The molecule has 0 heterocycles. The summed E-state index contributed by atoms with van der Waals surface area (Å²) in [5, 5.41) is 2.29. The van der Waals surface area contributed by atoms with Crippen molar-refractivity contribution in [3.63, 3.8) is 0 Å². The summed E-state index contributed by atoms with van der Waals surface area (Å²) in [6, 6.07) is 2.60. The third kappa shape index (κ3) is 5.52. The predicted octanol–water partition coefficient (Wildman–Crippen LogP) is 2.53. The van der Waals surface area contributed by atoms with Crippen LogP contribution in [-0.2, 0) is 19.9 Å². The molecule has 0 fully saturated rings. The smallest absolute Gasteiger partial charge is 0.262 e. The maximum Gasteiger partial charge on any atom is 0.262 e. The molecule has 0 radical (unpaired) electrons. The van der Waals surface area contributed by atoms with Crippen molar-refractivity contribution in [2.24, 2.45) is 0 Å². The van der Waals surface area contributed by atoms with Crippen LogP contribution in [0.2, 0.25) is 5.02 Å². The maximum atomic E-state index is 12.0. The highest BCUT2D eigenvalue weighted by Gasteiger charge is 2.22. The molecule has 5 nitrogen and oxygen atoms in total. The molecule has 1 rings (SSSR count). The van der Waals surface area contributed by atoms with Gasteiger partial charge in [0.15, 0.2) is 0 Å². The minimum Gasteiger partial charge on any atom is -0.351 e. The molecule has 0 saturated heterocycles. The molecular formula is C11H12BrCl2NO4S2. The summed E-state index contributed by atoms with van der Waals surface area (Å²) in [5.74, 6) is 0.257. The van der Waals surface area contributed by atoms with E-state index in [9.17, 15) is 17.4 Å². The van der Waals surface area contributed by atoms with Crippen LogP contribution in [-0.4, -0.2) is 36.6 Å². The lowest BCUT2D eigenvalue weighted by Crippen LogP contribution is -2.28. The lowest BCUT2D eigenvalue weighted by atomic mass is 10.2. The Balaban J connectivity index is 3.00. The zero-order valence-corrected chi connectivity index (χ0v) is 15.6. The van der Waals surface area contributed by atoms with E-state index in [4.69, 9.17) is 22.3 Å². The first-order valence-electron chi connectivity index (χ1n) is 5.73. The normalized spacial score (nSPS) is 13.0. The molecule has 0 bridgehead atoms. The van der Waals surface area contributed by atoms with Gasteiger partial charge in [0.05, 0.1) is 10.6 Å². The van der Waals surface area contributed by atoms with Crippen LogP contribution in [0.25, 0.3) is 0 Å². The zero-order chi connectivity index (χ0) is 16.2. The molecule has 1 aromatic rings. The summed E-state index contributed by atoms with van der Waals surface area (Å²) in [5.41, 5.74) is -0.0208. The first-order valence-corrected chi connectivity index (χ1v) is 10.7. The van der Waals surface area contributed by atoms with Crippen LogP contribution in [0.5, 0.6) is 0 Å². The molecule has 0 aliphatic carbocycles. The van der Waals surface area contributed by atoms with Gasteiger partial charge in [0.25, 0.3) is 15.0 Å². The number of halogens is 3. The predicted molar refractivity (Wildman–Crippen MR) is 88.1 cm³/mol. The van der Waals surface area contributed by atoms with Gasteiger partial charge in [-0.25, -0.2) is 8.42 Å². The van der Waals surface area contributed by atoms with Gasteiger partial charge in [-0.15, -0.1) is 0 Å². The van der Waals surface area contributed by atoms with Gasteiger partial charge in [-0.1, -0.05) is 34.5 Å². The minimum absolute atomic E-state index is 0.0208. The summed E-state index contributed by atoms with van der Waals surface area (Å²) in [7, 11) is 0.202. The number of hydrogen-bond donors (Lipinski definition) is 1. The molecule has 1 aromatic carbocycles. The summed E-state index contributed by atoms with van der Waals surface area (Å²) in [6.07, 6.45) is 0. The number of rotatable bonds is 6. The third-order valence-electron chi connectivity index (χ3n) is 2.45. The number of benzene rings is 1. The fourth-order valence-electron chi connectivity index (χ4n) is 1.42. The van der Waals surface area contributed by atoms with Gasteiger partial charge in [-0.05, 0) is 12.1 Å². The van der Waals surface area contributed by atoms with Crippen LogP contribution < -0.4 is 5.32 Å². The molecule has 0 aromatic heterocycles. The van der Waals surface area contributed by atoms with Gasteiger partial charge in [0.1, 0.15) is 4.90 Å². The number of nitrogens with one attached hydrogen (secondary N) is 1. The van der Waals surface area contributed by atoms with E-state index in [0.717, 1.165) is 0 Å². The molecule has 1 amide bonds. The molecule has 1 unspecified atom stereocenters. The number of hydrogen-bond acceptors (Lipinski definition) is 4. The quantitative estimate of drug-likeness (QED) is 0.694. The molecule has 0 spiro atoms. The van der Waals surface area contributed by atoms with Crippen molar-refractivity contribution in [2.75, 3.05) is 18.1 Å². The van der Waals surface area contributed by atoms with Gasteiger partial charge in [-0.3, -0.25) is 9.00 Å². The van der Waals surface area contributed by atoms with E-state index >= 15 is 0 Å². The van der Waals surface area contributed by atoms with Crippen molar-refractivity contribution in [3.05, 3.63) is 27.2 Å². The van der Waals surface area contributed by atoms with Crippen LogP contribution in [0.4, 0.5) is 0 Å². The fraction of sp³-hybridized carbons (Fsp3) is 0.364. The molecule has 0 aliphatic rings. The molecule has 21 heavy (non-hydrogen) atoms. The second-order valence-corrected chi connectivity index (χ2v) is 9.59. The summed E-state index contributed by atoms with van der Waals surface area (Å²) < 4.78 is 34.4. The SMILES string of the molecule is CCS(=O)CCNC(=O)c1cc(Br)cc(S(=O)(=O)Cl)c1Cl. The Morgan fingerprint density at radius 2 is 2.05 bits per heavy atom. The molecule has 0 aliphatic heterocycles. The van der Waals surface area contributed by atoms with E-state index < -0.39 is 25.8 Å².